The molecule has 2 rings (SSSR count). The van der Waals surface area contributed by atoms with Crippen LogP contribution in [-0.4, -0.2) is 44.5 Å². The highest BCUT2D eigenvalue weighted by Crippen LogP contribution is 2.12. The predicted molar refractivity (Wildman–Crippen MR) is 70.7 cm³/mol. The molecular weight excluding hydrogens is 246 g/mol. The summed E-state index contributed by atoms with van der Waals surface area (Å²) in [6.45, 7) is 4.59. The summed E-state index contributed by atoms with van der Waals surface area (Å²) in [7, 11) is 0. The maximum atomic E-state index is 11.6. The van der Waals surface area contributed by atoms with E-state index in [4.69, 9.17) is 14.2 Å². The van der Waals surface area contributed by atoms with Crippen LogP contribution in [0.15, 0.2) is 11.8 Å². The smallest absolute Gasteiger partial charge is 0.332 e. The first-order chi connectivity index (χ1) is 9.24. The van der Waals surface area contributed by atoms with Gasteiger partial charge in [0.1, 0.15) is 6.61 Å². The first-order valence-electron chi connectivity index (χ1n) is 7.06. The Morgan fingerprint density at radius 1 is 1.26 bits per heavy atom. The van der Waals surface area contributed by atoms with Crippen LogP contribution in [0.4, 0.5) is 0 Å². The molecule has 2 heterocycles. The van der Waals surface area contributed by atoms with E-state index in [1.165, 1.54) is 6.08 Å². The van der Waals surface area contributed by atoms with Crippen molar-refractivity contribution in [3.63, 3.8) is 0 Å². The van der Waals surface area contributed by atoms with Crippen molar-refractivity contribution in [2.75, 3.05) is 26.4 Å². The standard InChI is InChI=1S/C14H23NO4/c1-11(15-9-12-4-2-6-17-12)8-14(16)19-10-13-5-3-7-18-13/h8,12-13,15H,2-7,9-10H2,1H3/b11-8-. The number of nitrogens with one attached hydrogen (secondary N) is 1. The number of esters is 1. The molecule has 2 saturated heterocycles. The first-order valence-corrected chi connectivity index (χ1v) is 7.06. The van der Waals surface area contributed by atoms with E-state index in [9.17, 15) is 4.79 Å². The van der Waals surface area contributed by atoms with Crippen LogP contribution < -0.4 is 5.32 Å². The summed E-state index contributed by atoms with van der Waals surface area (Å²) in [5.74, 6) is -0.312. The van der Waals surface area contributed by atoms with Crippen molar-refractivity contribution in [3.8, 4) is 0 Å². The van der Waals surface area contributed by atoms with E-state index < -0.39 is 0 Å². The van der Waals surface area contributed by atoms with Crippen molar-refractivity contribution in [1.82, 2.24) is 5.32 Å². The summed E-state index contributed by atoms with van der Waals surface area (Å²) < 4.78 is 16.1. The number of carbonyl (C=O) groups excluding carboxylic acids is 1. The van der Waals surface area contributed by atoms with Crippen LogP contribution in [0.1, 0.15) is 32.6 Å². The van der Waals surface area contributed by atoms with Crippen molar-refractivity contribution in [2.45, 2.75) is 44.8 Å². The molecule has 5 nitrogen and oxygen atoms in total. The summed E-state index contributed by atoms with van der Waals surface area (Å²) in [6.07, 6.45) is 6.09. The van der Waals surface area contributed by atoms with Crippen molar-refractivity contribution < 1.29 is 19.0 Å². The number of hydrogen-bond acceptors (Lipinski definition) is 5. The van der Waals surface area contributed by atoms with E-state index in [2.05, 4.69) is 5.32 Å². The van der Waals surface area contributed by atoms with E-state index in [-0.39, 0.29) is 18.2 Å². The molecule has 0 bridgehead atoms. The highest BCUT2D eigenvalue weighted by Gasteiger charge is 2.17. The van der Waals surface area contributed by atoms with Gasteiger partial charge in [-0.1, -0.05) is 0 Å². The predicted octanol–water partition coefficient (Wildman–Crippen LogP) is 1.38. The van der Waals surface area contributed by atoms with Gasteiger partial charge in [0.2, 0.25) is 0 Å². The normalized spacial score (nSPS) is 27.5. The maximum Gasteiger partial charge on any atom is 0.332 e. The molecule has 2 aliphatic rings. The Kier molecular flexibility index (Phi) is 5.66. The molecule has 5 heteroatoms. The zero-order valence-electron chi connectivity index (χ0n) is 11.5. The fourth-order valence-electron chi connectivity index (χ4n) is 2.30. The Hall–Kier alpha value is -1.07. The molecule has 0 aromatic heterocycles. The summed E-state index contributed by atoms with van der Waals surface area (Å²) in [4.78, 5) is 11.6. The summed E-state index contributed by atoms with van der Waals surface area (Å²) in [6, 6.07) is 0. The van der Waals surface area contributed by atoms with E-state index in [1.54, 1.807) is 0 Å². The molecule has 2 fully saturated rings. The molecular formula is C14H23NO4. The molecule has 0 aliphatic carbocycles. The van der Waals surface area contributed by atoms with Crippen LogP contribution in [0.3, 0.4) is 0 Å². The quantitative estimate of drug-likeness (QED) is 0.583. The second-order valence-electron chi connectivity index (χ2n) is 5.11. The lowest BCUT2D eigenvalue weighted by Gasteiger charge is -2.12. The zero-order chi connectivity index (χ0) is 13.5. The number of rotatable bonds is 6. The minimum Gasteiger partial charge on any atom is -0.460 e. The average molecular weight is 269 g/mol. The van der Waals surface area contributed by atoms with Crippen LogP contribution in [0, 0.1) is 0 Å². The fraction of sp³-hybridized carbons (Fsp3) is 0.786. The molecule has 0 spiro atoms. The van der Waals surface area contributed by atoms with Crippen LogP contribution in [0.2, 0.25) is 0 Å². The van der Waals surface area contributed by atoms with E-state index in [1.807, 2.05) is 6.92 Å². The zero-order valence-corrected chi connectivity index (χ0v) is 11.5. The van der Waals surface area contributed by atoms with E-state index in [0.717, 1.165) is 51.1 Å². The Morgan fingerprint density at radius 3 is 2.58 bits per heavy atom. The molecule has 0 saturated carbocycles. The lowest BCUT2D eigenvalue weighted by Crippen LogP contribution is -2.25. The number of hydrogen-bond donors (Lipinski definition) is 1. The Balaban J connectivity index is 1.62. The number of allylic oxidation sites excluding steroid dienone is 1. The summed E-state index contributed by atoms with van der Waals surface area (Å²) >= 11 is 0. The molecule has 0 amide bonds. The highest BCUT2D eigenvalue weighted by molar-refractivity contribution is 5.82. The van der Waals surface area contributed by atoms with Crippen molar-refractivity contribution in [1.29, 1.82) is 0 Å². The third kappa shape index (κ3) is 5.20. The van der Waals surface area contributed by atoms with Crippen molar-refractivity contribution in [2.24, 2.45) is 0 Å². The average Bonchev–Trinajstić information content (AvgIpc) is 3.07. The van der Waals surface area contributed by atoms with Gasteiger partial charge < -0.3 is 19.5 Å². The molecule has 0 radical (unpaired) electrons. The van der Waals surface area contributed by atoms with Gasteiger partial charge in [-0.2, -0.15) is 0 Å². The third-order valence-corrected chi connectivity index (χ3v) is 3.40. The van der Waals surface area contributed by atoms with Gasteiger partial charge in [-0.25, -0.2) is 4.79 Å². The van der Waals surface area contributed by atoms with E-state index >= 15 is 0 Å². The van der Waals surface area contributed by atoms with Gasteiger partial charge in [-0.05, 0) is 32.6 Å². The van der Waals surface area contributed by atoms with Crippen LogP contribution in [0.5, 0.6) is 0 Å². The molecule has 1 N–H and O–H groups in total. The first kappa shape index (κ1) is 14.3. The fourth-order valence-corrected chi connectivity index (χ4v) is 2.30. The summed E-state index contributed by atoms with van der Waals surface area (Å²) in [5.41, 5.74) is 0.813. The summed E-state index contributed by atoms with van der Waals surface area (Å²) in [5, 5.41) is 3.19. The van der Waals surface area contributed by atoms with Crippen LogP contribution >= 0.6 is 0 Å². The highest BCUT2D eigenvalue weighted by atomic mass is 16.6. The molecule has 0 aromatic rings. The second-order valence-corrected chi connectivity index (χ2v) is 5.11. The van der Waals surface area contributed by atoms with Gasteiger partial charge in [-0.3, -0.25) is 0 Å². The number of carbonyl (C=O) groups is 1. The van der Waals surface area contributed by atoms with Gasteiger partial charge >= 0.3 is 5.97 Å². The van der Waals surface area contributed by atoms with Gasteiger partial charge in [0.05, 0.1) is 12.2 Å². The second kappa shape index (κ2) is 7.50. The third-order valence-electron chi connectivity index (χ3n) is 3.40. The Labute approximate surface area is 114 Å². The van der Waals surface area contributed by atoms with Gasteiger partial charge in [0.25, 0.3) is 0 Å². The minimum atomic E-state index is -0.312. The molecule has 19 heavy (non-hydrogen) atoms. The number of ether oxygens (including phenoxy) is 3. The lowest BCUT2D eigenvalue weighted by atomic mass is 10.2. The minimum absolute atomic E-state index is 0.0810. The van der Waals surface area contributed by atoms with Crippen LogP contribution in [-0.2, 0) is 19.0 Å². The van der Waals surface area contributed by atoms with Gasteiger partial charge in [-0.15, -0.1) is 0 Å². The molecule has 108 valence electrons. The van der Waals surface area contributed by atoms with E-state index in [0.29, 0.717) is 6.61 Å². The van der Waals surface area contributed by atoms with Crippen molar-refractivity contribution >= 4 is 5.97 Å². The largest absolute Gasteiger partial charge is 0.460 e. The maximum absolute atomic E-state index is 11.6. The lowest BCUT2D eigenvalue weighted by molar-refractivity contribution is -0.141. The molecule has 2 aliphatic heterocycles. The monoisotopic (exact) mass is 269 g/mol. The van der Waals surface area contributed by atoms with Gasteiger partial charge in [0.15, 0.2) is 0 Å². The molecule has 2 atom stereocenters. The molecule has 2 unspecified atom stereocenters. The Morgan fingerprint density at radius 2 is 1.95 bits per heavy atom. The topological polar surface area (TPSA) is 56.8 Å². The Bertz CT molecular complexity index is 317. The van der Waals surface area contributed by atoms with Crippen LogP contribution in [0.25, 0.3) is 0 Å². The van der Waals surface area contributed by atoms with Crippen molar-refractivity contribution in [3.05, 3.63) is 11.8 Å². The SMILES string of the molecule is C/C(=C/C(=O)OCC1CCCO1)NCC1CCCO1. The molecule has 0 aromatic carbocycles. The van der Waals surface area contributed by atoms with Gasteiger partial charge in [0, 0.05) is 31.5 Å².